The van der Waals surface area contributed by atoms with Gasteiger partial charge in [0, 0.05) is 19.7 Å². The number of unbranched alkanes of at least 4 members (excludes halogenated alkanes) is 1. The minimum atomic E-state index is 0.352. The number of likely N-dealkylation sites (tertiary alicyclic amines) is 2. The van der Waals surface area contributed by atoms with Crippen LogP contribution in [0.5, 0.6) is 0 Å². The molecule has 2 saturated heterocycles. The van der Waals surface area contributed by atoms with Crippen molar-refractivity contribution in [3.05, 3.63) is 0 Å². The van der Waals surface area contributed by atoms with Crippen LogP contribution in [0.2, 0.25) is 0 Å². The SMILES string of the molecule is OCCCCN1CCC(CN2CCCC2)C1. The molecule has 0 aliphatic carbocycles. The summed E-state index contributed by atoms with van der Waals surface area (Å²) < 4.78 is 0. The molecule has 2 aliphatic heterocycles. The summed E-state index contributed by atoms with van der Waals surface area (Å²) in [5.41, 5.74) is 0. The van der Waals surface area contributed by atoms with Gasteiger partial charge >= 0.3 is 0 Å². The minimum absolute atomic E-state index is 0.352. The lowest BCUT2D eigenvalue weighted by Gasteiger charge is -2.20. The third-order valence-electron chi connectivity index (χ3n) is 3.97. The molecule has 1 atom stereocenters. The predicted molar refractivity (Wildman–Crippen MR) is 66.5 cm³/mol. The van der Waals surface area contributed by atoms with E-state index in [1.165, 1.54) is 58.5 Å². The molecule has 0 aromatic rings. The van der Waals surface area contributed by atoms with Gasteiger partial charge in [-0.05, 0) is 64.2 Å². The number of hydrogen-bond acceptors (Lipinski definition) is 3. The maximum Gasteiger partial charge on any atom is 0.0431 e. The van der Waals surface area contributed by atoms with Gasteiger partial charge in [-0.3, -0.25) is 0 Å². The molecule has 3 heteroatoms. The Morgan fingerprint density at radius 2 is 1.81 bits per heavy atom. The van der Waals surface area contributed by atoms with Gasteiger partial charge in [-0.25, -0.2) is 0 Å². The van der Waals surface area contributed by atoms with Crippen molar-refractivity contribution < 1.29 is 5.11 Å². The predicted octanol–water partition coefficient (Wildman–Crippen LogP) is 1.18. The van der Waals surface area contributed by atoms with Crippen LogP contribution < -0.4 is 0 Å². The summed E-state index contributed by atoms with van der Waals surface area (Å²) in [5.74, 6) is 0.909. The summed E-state index contributed by atoms with van der Waals surface area (Å²) in [6, 6.07) is 0. The smallest absolute Gasteiger partial charge is 0.0431 e. The van der Waals surface area contributed by atoms with E-state index in [-0.39, 0.29) is 0 Å². The monoisotopic (exact) mass is 226 g/mol. The normalized spacial score (nSPS) is 27.9. The second-order valence-electron chi connectivity index (χ2n) is 5.39. The first-order valence-electron chi connectivity index (χ1n) is 6.94. The second-order valence-corrected chi connectivity index (χ2v) is 5.39. The second kappa shape index (κ2) is 6.58. The molecule has 2 rings (SSSR count). The molecule has 1 unspecified atom stereocenters. The molecule has 2 aliphatic rings. The molecular formula is C13H26N2O. The number of aliphatic hydroxyl groups is 1. The van der Waals surface area contributed by atoms with Crippen molar-refractivity contribution in [3.63, 3.8) is 0 Å². The van der Waals surface area contributed by atoms with E-state index in [1.807, 2.05) is 0 Å². The topological polar surface area (TPSA) is 26.7 Å². The van der Waals surface area contributed by atoms with Gasteiger partial charge in [0.05, 0.1) is 0 Å². The Kier molecular flexibility index (Phi) is 5.07. The molecule has 0 spiro atoms. The third kappa shape index (κ3) is 3.72. The number of rotatable bonds is 6. The lowest BCUT2D eigenvalue weighted by Crippen LogP contribution is -2.29. The van der Waals surface area contributed by atoms with Gasteiger partial charge in [0.1, 0.15) is 0 Å². The molecule has 1 N–H and O–H groups in total. The summed E-state index contributed by atoms with van der Waals surface area (Å²) in [6.07, 6.45) is 6.33. The molecule has 0 radical (unpaired) electrons. The average molecular weight is 226 g/mol. The number of nitrogens with zero attached hydrogens (tertiary/aromatic N) is 2. The van der Waals surface area contributed by atoms with Gasteiger partial charge in [-0.2, -0.15) is 0 Å². The molecule has 0 aromatic heterocycles. The quantitative estimate of drug-likeness (QED) is 0.689. The van der Waals surface area contributed by atoms with Crippen molar-refractivity contribution in [2.24, 2.45) is 5.92 Å². The Hall–Kier alpha value is -0.120. The van der Waals surface area contributed by atoms with Crippen LogP contribution in [0.3, 0.4) is 0 Å². The van der Waals surface area contributed by atoms with Crippen LogP contribution in [-0.2, 0) is 0 Å². The zero-order valence-corrected chi connectivity index (χ0v) is 10.4. The van der Waals surface area contributed by atoms with Crippen molar-refractivity contribution in [2.45, 2.75) is 32.1 Å². The fraction of sp³-hybridized carbons (Fsp3) is 1.00. The van der Waals surface area contributed by atoms with Gasteiger partial charge in [0.2, 0.25) is 0 Å². The van der Waals surface area contributed by atoms with E-state index in [9.17, 15) is 0 Å². The minimum Gasteiger partial charge on any atom is -0.396 e. The Morgan fingerprint density at radius 3 is 2.56 bits per heavy atom. The van der Waals surface area contributed by atoms with Crippen LogP contribution >= 0.6 is 0 Å². The molecule has 0 amide bonds. The van der Waals surface area contributed by atoms with Crippen LogP contribution in [-0.4, -0.2) is 60.8 Å². The first-order valence-corrected chi connectivity index (χ1v) is 6.94. The number of hydrogen-bond donors (Lipinski definition) is 1. The first kappa shape index (κ1) is 12.3. The molecule has 2 fully saturated rings. The highest BCUT2D eigenvalue weighted by Crippen LogP contribution is 2.19. The van der Waals surface area contributed by atoms with Crippen molar-refractivity contribution >= 4 is 0 Å². The molecule has 0 bridgehead atoms. The van der Waals surface area contributed by atoms with E-state index < -0.39 is 0 Å². The maximum atomic E-state index is 8.76. The van der Waals surface area contributed by atoms with E-state index in [0.717, 1.165) is 18.8 Å². The van der Waals surface area contributed by atoms with Crippen LogP contribution in [0.15, 0.2) is 0 Å². The molecule has 2 heterocycles. The van der Waals surface area contributed by atoms with Gasteiger partial charge in [0.25, 0.3) is 0 Å². The van der Waals surface area contributed by atoms with Crippen LogP contribution in [0.25, 0.3) is 0 Å². The Balaban J connectivity index is 1.59. The van der Waals surface area contributed by atoms with E-state index in [2.05, 4.69) is 9.80 Å². The summed E-state index contributed by atoms with van der Waals surface area (Å²) in [7, 11) is 0. The standard InChI is InChI=1S/C13H26N2O/c16-10-4-3-8-15-9-5-13(12-15)11-14-6-1-2-7-14/h13,16H,1-12H2. The molecule has 16 heavy (non-hydrogen) atoms. The van der Waals surface area contributed by atoms with Crippen molar-refractivity contribution in [2.75, 3.05) is 45.9 Å². The number of aliphatic hydroxyl groups excluding tert-OH is 1. The Bertz CT molecular complexity index is 192. The molecular weight excluding hydrogens is 200 g/mol. The van der Waals surface area contributed by atoms with Crippen LogP contribution in [0.4, 0.5) is 0 Å². The van der Waals surface area contributed by atoms with Gasteiger partial charge in [0.15, 0.2) is 0 Å². The summed E-state index contributed by atoms with van der Waals surface area (Å²) in [5, 5.41) is 8.76. The van der Waals surface area contributed by atoms with Gasteiger partial charge in [-0.1, -0.05) is 0 Å². The van der Waals surface area contributed by atoms with E-state index in [0.29, 0.717) is 6.61 Å². The fourth-order valence-electron chi connectivity index (χ4n) is 3.04. The molecule has 0 aromatic carbocycles. The third-order valence-corrected chi connectivity index (χ3v) is 3.97. The molecule has 94 valence electrons. The highest BCUT2D eigenvalue weighted by molar-refractivity contribution is 4.79. The van der Waals surface area contributed by atoms with Crippen LogP contribution in [0.1, 0.15) is 32.1 Å². The van der Waals surface area contributed by atoms with E-state index >= 15 is 0 Å². The summed E-state index contributed by atoms with van der Waals surface area (Å²) in [4.78, 5) is 5.22. The Labute approximate surface area is 99.4 Å². The lowest BCUT2D eigenvalue weighted by atomic mass is 10.1. The highest BCUT2D eigenvalue weighted by atomic mass is 16.2. The van der Waals surface area contributed by atoms with Crippen LogP contribution in [0, 0.1) is 5.92 Å². The first-order chi connectivity index (χ1) is 7.88. The zero-order chi connectivity index (χ0) is 11.2. The van der Waals surface area contributed by atoms with Gasteiger partial charge < -0.3 is 14.9 Å². The largest absolute Gasteiger partial charge is 0.396 e. The van der Waals surface area contributed by atoms with Gasteiger partial charge in [-0.15, -0.1) is 0 Å². The van der Waals surface area contributed by atoms with E-state index in [4.69, 9.17) is 5.11 Å². The average Bonchev–Trinajstić information content (AvgIpc) is 2.91. The zero-order valence-electron chi connectivity index (χ0n) is 10.4. The van der Waals surface area contributed by atoms with Crippen molar-refractivity contribution in [1.29, 1.82) is 0 Å². The summed E-state index contributed by atoms with van der Waals surface area (Å²) in [6.45, 7) is 8.12. The fourth-order valence-corrected chi connectivity index (χ4v) is 3.04. The van der Waals surface area contributed by atoms with Crippen molar-refractivity contribution in [3.8, 4) is 0 Å². The Morgan fingerprint density at radius 1 is 1.00 bits per heavy atom. The summed E-state index contributed by atoms with van der Waals surface area (Å²) >= 11 is 0. The maximum absolute atomic E-state index is 8.76. The highest BCUT2D eigenvalue weighted by Gasteiger charge is 2.24. The van der Waals surface area contributed by atoms with Crippen molar-refractivity contribution in [1.82, 2.24) is 9.80 Å². The lowest BCUT2D eigenvalue weighted by molar-refractivity contribution is 0.247. The molecule has 0 saturated carbocycles. The molecule has 3 nitrogen and oxygen atoms in total. The van der Waals surface area contributed by atoms with E-state index in [1.54, 1.807) is 0 Å².